The lowest BCUT2D eigenvalue weighted by atomic mass is 10.1. The number of amides is 1. The second-order valence-corrected chi connectivity index (χ2v) is 5.44. The summed E-state index contributed by atoms with van der Waals surface area (Å²) in [6, 6.07) is -0.126. The average molecular weight is 353 g/mol. The minimum atomic E-state index is -0.892. The first-order valence-electron chi connectivity index (χ1n) is 8.21. The van der Waals surface area contributed by atoms with Crippen LogP contribution in [0.3, 0.4) is 0 Å². The first kappa shape index (κ1) is 23.0. The second-order valence-electron chi connectivity index (χ2n) is 5.44. The fourth-order valence-electron chi connectivity index (χ4n) is 1.93. The van der Waals surface area contributed by atoms with Gasteiger partial charge in [0.25, 0.3) is 0 Å². The molecule has 3 atom stereocenters. The number of rotatable bonds is 13. The van der Waals surface area contributed by atoms with Crippen LogP contribution in [0.2, 0.25) is 0 Å². The minimum absolute atomic E-state index is 0.126. The highest BCUT2D eigenvalue weighted by molar-refractivity contribution is 5.91. The lowest BCUT2D eigenvalue weighted by molar-refractivity contribution is -0.129. The molecule has 7 nitrogen and oxygen atoms in total. The Hall–Kier alpha value is -1.96. The monoisotopic (exact) mass is 353 g/mol. The molecular formula is C18H31N3O4. The van der Waals surface area contributed by atoms with Crippen molar-refractivity contribution < 1.29 is 19.4 Å². The van der Waals surface area contributed by atoms with Gasteiger partial charge in [0.05, 0.1) is 12.7 Å². The smallest absolute Gasteiger partial charge is 0.213 e. The largest absolute Gasteiger partial charge is 0.384 e. The molecule has 0 rings (SSSR count). The number of ether oxygens (including phenoxy) is 2. The molecule has 0 aliphatic rings. The van der Waals surface area contributed by atoms with Gasteiger partial charge in [0.15, 0.2) is 6.29 Å². The number of hydrogen-bond acceptors (Lipinski definition) is 5. The molecule has 0 aromatic carbocycles. The molecule has 1 amide bonds. The van der Waals surface area contributed by atoms with Crippen LogP contribution in [0.25, 0.3) is 0 Å². The molecule has 0 radical (unpaired) electrons. The van der Waals surface area contributed by atoms with Crippen molar-refractivity contribution in [2.45, 2.75) is 45.1 Å². The van der Waals surface area contributed by atoms with Gasteiger partial charge in [-0.3, -0.25) is 9.79 Å². The Morgan fingerprint density at radius 1 is 1.40 bits per heavy atom. The van der Waals surface area contributed by atoms with E-state index in [9.17, 15) is 9.90 Å². The van der Waals surface area contributed by atoms with Gasteiger partial charge in [-0.15, -0.1) is 0 Å². The van der Waals surface area contributed by atoms with E-state index in [-0.39, 0.29) is 18.8 Å². The van der Waals surface area contributed by atoms with E-state index in [1.807, 2.05) is 38.2 Å². The summed E-state index contributed by atoms with van der Waals surface area (Å²) in [5.41, 5.74) is 5.58. The van der Waals surface area contributed by atoms with Crippen LogP contribution in [0.15, 0.2) is 41.6 Å². The number of amidine groups is 1. The SMILES string of the molecule is C/C=C\C=C/CC(O)OCC(CC(C)N(C=O)/C=C\C(N)=N/C)OC. The molecule has 0 aromatic rings. The number of nitrogens with two attached hydrogens (primary N) is 1. The van der Waals surface area contributed by atoms with Crippen LogP contribution < -0.4 is 5.73 Å². The van der Waals surface area contributed by atoms with Crippen molar-refractivity contribution >= 4 is 12.2 Å². The number of carbonyl (C=O) groups excluding carboxylic acids is 1. The highest BCUT2D eigenvalue weighted by atomic mass is 16.6. The molecule has 0 bridgehead atoms. The third-order valence-corrected chi connectivity index (χ3v) is 3.50. The molecule has 3 unspecified atom stereocenters. The lowest BCUT2D eigenvalue weighted by Crippen LogP contribution is -2.34. The van der Waals surface area contributed by atoms with Crippen LogP contribution in [-0.2, 0) is 14.3 Å². The van der Waals surface area contributed by atoms with Crippen LogP contribution in [0, 0.1) is 0 Å². The number of aliphatic hydroxyl groups excluding tert-OH is 1. The predicted molar refractivity (Wildman–Crippen MR) is 100.0 cm³/mol. The van der Waals surface area contributed by atoms with Gasteiger partial charge in [0.1, 0.15) is 5.84 Å². The normalized spacial score (nSPS) is 16.6. The lowest BCUT2D eigenvalue weighted by Gasteiger charge is -2.26. The zero-order chi connectivity index (χ0) is 19.1. The summed E-state index contributed by atoms with van der Waals surface area (Å²) in [6.45, 7) is 4.04. The van der Waals surface area contributed by atoms with E-state index in [2.05, 4.69) is 4.99 Å². The zero-order valence-corrected chi connectivity index (χ0v) is 15.5. The van der Waals surface area contributed by atoms with Crippen molar-refractivity contribution in [1.29, 1.82) is 0 Å². The molecule has 25 heavy (non-hydrogen) atoms. The second kappa shape index (κ2) is 14.4. The fourth-order valence-corrected chi connectivity index (χ4v) is 1.93. The molecule has 0 aliphatic heterocycles. The first-order chi connectivity index (χ1) is 12.0. The highest BCUT2D eigenvalue weighted by Gasteiger charge is 2.18. The molecule has 0 aromatic heterocycles. The Kier molecular flexibility index (Phi) is 13.3. The summed E-state index contributed by atoms with van der Waals surface area (Å²) >= 11 is 0. The third kappa shape index (κ3) is 11.3. The maximum absolute atomic E-state index is 11.2. The molecule has 0 saturated carbocycles. The Bertz CT molecular complexity index is 475. The Labute approximate surface area is 150 Å². The van der Waals surface area contributed by atoms with E-state index < -0.39 is 6.29 Å². The Morgan fingerprint density at radius 3 is 2.68 bits per heavy atom. The third-order valence-electron chi connectivity index (χ3n) is 3.50. The van der Waals surface area contributed by atoms with Crippen molar-refractivity contribution in [3.8, 4) is 0 Å². The molecule has 7 heteroatoms. The van der Waals surface area contributed by atoms with E-state index >= 15 is 0 Å². The Balaban J connectivity index is 4.45. The number of aliphatic hydroxyl groups is 1. The predicted octanol–water partition coefficient (Wildman–Crippen LogP) is 1.60. The summed E-state index contributed by atoms with van der Waals surface area (Å²) in [7, 11) is 3.15. The standard InChI is InChI=1S/C18H31N3O4/c1-5-6-7-8-9-18(23)25-13-16(24-4)12-15(2)21(14-22)11-10-17(19)20-3/h5-8,10-11,14-16,18,23H,9,12-13H2,1-4H3,(H2,19,20)/b6-5-,8-7-,11-10-. The molecule has 142 valence electrons. The number of nitrogens with zero attached hydrogens (tertiary/aromatic N) is 2. The number of allylic oxidation sites excluding steroid dienone is 3. The molecule has 0 fully saturated rings. The molecule has 0 aliphatic carbocycles. The van der Waals surface area contributed by atoms with Gasteiger partial charge in [-0.1, -0.05) is 24.3 Å². The summed E-state index contributed by atoms with van der Waals surface area (Å²) in [5.74, 6) is 0.333. The summed E-state index contributed by atoms with van der Waals surface area (Å²) in [5, 5.41) is 9.80. The van der Waals surface area contributed by atoms with E-state index in [0.717, 1.165) is 6.41 Å². The van der Waals surface area contributed by atoms with Crippen molar-refractivity contribution in [3.63, 3.8) is 0 Å². The van der Waals surface area contributed by atoms with Crippen LogP contribution in [-0.4, -0.2) is 61.5 Å². The van der Waals surface area contributed by atoms with Gasteiger partial charge in [0, 0.05) is 32.8 Å². The summed E-state index contributed by atoms with van der Waals surface area (Å²) in [6.07, 6.45) is 11.1. The fraction of sp³-hybridized carbons (Fsp3) is 0.556. The first-order valence-corrected chi connectivity index (χ1v) is 8.21. The molecule has 3 N–H and O–H groups in total. The zero-order valence-electron chi connectivity index (χ0n) is 15.5. The van der Waals surface area contributed by atoms with Gasteiger partial charge in [-0.2, -0.15) is 0 Å². The number of methoxy groups -OCH3 is 1. The summed E-state index contributed by atoms with van der Waals surface area (Å²) in [4.78, 5) is 16.5. The van der Waals surface area contributed by atoms with Crippen molar-refractivity contribution in [3.05, 3.63) is 36.6 Å². The van der Waals surface area contributed by atoms with E-state index in [0.29, 0.717) is 18.7 Å². The topological polar surface area (TPSA) is 97.4 Å². The minimum Gasteiger partial charge on any atom is -0.384 e. The van der Waals surface area contributed by atoms with Gasteiger partial charge >= 0.3 is 0 Å². The number of aliphatic imine (C=N–C) groups is 1. The highest BCUT2D eigenvalue weighted by Crippen LogP contribution is 2.10. The van der Waals surface area contributed by atoms with E-state index in [4.69, 9.17) is 15.2 Å². The number of hydrogen-bond donors (Lipinski definition) is 2. The van der Waals surface area contributed by atoms with Crippen LogP contribution >= 0.6 is 0 Å². The van der Waals surface area contributed by atoms with Gasteiger partial charge < -0.3 is 25.2 Å². The van der Waals surface area contributed by atoms with Gasteiger partial charge in [-0.05, 0) is 26.3 Å². The van der Waals surface area contributed by atoms with Crippen LogP contribution in [0.5, 0.6) is 0 Å². The molecule has 0 heterocycles. The van der Waals surface area contributed by atoms with Crippen LogP contribution in [0.1, 0.15) is 26.7 Å². The maximum atomic E-state index is 11.2. The van der Waals surface area contributed by atoms with Crippen LogP contribution in [0.4, 0.5) is 0 Å². The molecule has 0 saturated heterocycles. The number of carbonyl (C=O) groups is 1. The molecular weight excluding hydrogens is 322 g/mol. The Morgan fingerprint density at radius 2 is 2.12 bits per heavy atom. The average Bonchev–Trinajstić information content (AvgIpc) is 2.62. The quantitative estimate of drug-likeness (QED) is 0.172. The van der Waals surface area contributed by atoms with Gasteiger partial charge in [-0.25, -0.2) is 0 Å². The van der Waals surface area contributed by atoms with Gasteiger partial charge in [0.2, 0.25) is 6.41 Å². The van der Waals surface area contributed by atoms with Crippen molar-refractivity contribution in [1.82, 2.24) is 4.90 Å². The van der Waals surface area contributed by atoms with E-state index in [1.54, 1.807) is 26.4 Å². The maximum Gasteiger partial charge on any atom is 0.213 e. The molecule has 0 spiro atoms. The van der Waals surface area contributed by atoms with Crippen molar-refractivity contribution in [2.75, 3.05) is 20.8 Å². The summed E-state index contributed by atoms with van der Waals surface area (Å²) < 4.78 is 10.8. The van der Waals surface area contributed by atoms with E-state index in [1.165, 1.54) is 4.90 Å². The van der Waals surface area contributed by atoms with Crippen molar-refractivity contribution in [2.24, 2.45) is 10.7 Å².